The third-order valence-electron chi connectivity index (χ3n) is 7.14. The molecule has 1 aliphatic rings. The Morgan fingerprint density at radius 3 is 2.06 bits per heavy atom. The molecular formula is C42H68BrN3O3. The van der Waals surface area contributed by atoms with E-state index in [2.05, 4.69) is 96.9 Å². The standard InChI is InChI=1S/C24H37N.C8H13NO2.C4H5Br.C4H7NO.C2H6/c1-4-6-7-8-9-10-11-15-20-25(19-5-2)21-18-23(3)22-24-16-13-12-14-17-24;1-4-7(2)5-9(6-10)8(3)11;1-3-4(2)5;5-4(6)3-1-2-3;1-2/h4,6-9,12-14,16-17,23H,1,5,10-11,15,18-22H2,2-3H3;4,6H,5H2,1-3H3;3H,1-2H2;3H,1-2H2,(H2,5,6);1-2H3/b7-6-,9-8-;7-4+;;;. The summed E-state index contributed by atoms with van der Waals surface area (Å²) in [4.78, 5) is 34.7. The molecule has 1 aromatic rings. The van der Waals surface area contributed by atoms with Crippen molar-refractivity contribution in [2.24, 2.45) is 17.6 Å². The molecule has 7 heteroatoms. The second-order valence-electron chi connectivity index (χ2n) is 11.7. The van der Waals surface area contributed by atoms with Crippen molar-refractivity contribution < 1.29 is 14.4 Å². The predicted molar refractivity (Wildman–Crippen MR) is 217 cm³/mol. The van der Waals surface area contributed by atoms with Crippen molar-refractivity contribution in [1.82, 2.24) is 9.80 Å². The van der Waals surface area contributed by atoms with Crippen LogP contribution in [0.2, 0.25) is 0 Å². The molecule has 0 aliphatic heterocycles. The number of hydrogen-bond acceptors (Lipinski definition) is 4. The molecule has 2 rings (SSSR count). The highest BCUT2D eigenvalue weighted by Crippen LogP contribution is 2.27. The quantitative estimate of drug-likeness (QED) is 0.0662. The molecule has 2 N–H and O–H groups in total. The number of amides is 3. The van der Waals surface area contributed by atoms with Crippen molar-refractivity contribution in [2.45, 2.75) is 99.8 Å². The second kappa shape index (κ2) is 36.0. The molecule has 0 heterocycles. The molecule has 1 atom stereocenters. The molecular weight excluding hydrogens is 674 g/mol. The van der Waals surface area contributed by atoms with Gasteiger partial charge in [-0.1, -0.05) is 142 Å². The highest BCUT2D eigenvalue weighted by molar-refractivity contribution is 9.11. The van der Waals surface area contributed by atoms with Crippen LogP contribution in [0, 0.1) is 11.8 Å². The minimum atomic E-state index is -0.221. The summed E-state index contributed by atoms with van der Waals surface area (Å²) in [6.45, 7) is 28.5. The molecule has 3 amide bonds. The fourth-order valence-electron chi connectivity index (χ4n) is 4.04. The van der Waals surface area contributed by atoms with E-state index < -0.39 is 0 Å². The first-order chi connectivity index (χ1) is 23.4. The summed E-state index contributed by atoms with van der Waals surface area (Å²) in [5.41, 5.74) is 7.33. The average molecular weight is 743 g/mol. The van der Waals surface area contributed by atoms with Gasteiger partial charge < -0.3 is 10.6 Å². The molecule has 1 aliphatic carbocycles. The molecule has 0 spiro atoms. The summed E-state index contributed by atoms with van der Waals surface area (Å²) >= 11 is 3.06. The number of halogens is 1. The van der Waals surface area contributed by atoms with Crippen LogP contribution in [0.4, 0.5) is 0 Å². The van der Waals surface area contributed by atoms with Crippen molar-refractivity contribution >= 4 is 34.2 Å². The van der Waals surface area contributed by atoms with Crippen LogP contribution in [-0.2, 0) is 20.8 Å². The Kier molecular flexibility index (Phi) is 36.8. The number of imide groups is 1. The number of hydrogen-bond donors (Lipinski definition) is 1. The zero-order valence-electron chi connectivity index (χ0n) is 31.8. The molecule has 49 heavy (non-hydrogen) atoms. The number of nitrogens with two attached hydrogens (primary N) is 1. The Bertz CT molecular complexity index is 1110. The molecule has 1 unspecified atom stereocenters. The Morgan fingerprint density at radius 1 is 1.02 bits per heavy atom. The first-order valence-electron chi connectivity index (χ1n) is 17.8. The van der Waals surface area contributed by atoms with Crippen LogP contribution in [-0.4, -0.2) is 54.2 Å². The topological polar surface area (TPSA) is 83.7 Å². The lowest BCUT2D eigenvalue weighted by atomic mass is 9.98. The van der Waals surface area contributed by atoms with Gasteiger partial charge in [0.05, 0.1) is 0 Å². The third-order valence-corrected chi connectivity index (χ3v) is 7.46. The van der Waals surface area contributed by atoms with E-state index in [1.807, 2.05) is 52.0 Å². The van der Waals surface area contributed by atoms with Crippen LogP contribution in [0.5, 0.6) is 0 Å². The predicted octanol–water partition coefficient (Wildman–Crippen LogP) is 10.4. The van der Waals surface area contributed by atoms with E-state index in [-0.39, 0.29) is 17.7 Å². The van der Waals surface area contributed by atoms with Crippen molar-refractivity contribution in [1.29, 1.82) is 0 Å². The van der Waals surface area contributed by atoms with Crippen LogP contribution in [0.1, 0.15) is 99.0 Å². The lowest BCUT2D eigenvalue weighted by Gasteiger charge is -2.23. The smallest absolute Gasteiger partial charge is 0.226 e. The van der Waals surface area contributed by atoms with Gasteiger partial charge in [0.1, 0.15) is 0 Å². The highest BCUT2D eigenvalue weighted by atomic mass is 79.9. The van der Waals surface area contributed by atoms with Gasteiger partial charge in [0, 0.05) is 23.9 Å². The number of rotatable bonds is 19. The summed E-state index contributed by atoms with van der Waals surface area (Å²) in [6.07, 6.45) is 23.8. The number of primary amides is 1. The molecule has 6 nitrogen and oxygen atoms in total. The normalized spacial score (nSPS) is 12.5. The van der Waals surface area contributed by atoms with Crippen molar-refractivity contribution in [3.8, 4) is 0 Å². The maximum absolute atomic E-state index is 10.7. The van der Waals surface area contributed by atoms with Crippen LogP contribution >= 0.6 is 15.9 Å². The van der Waals surface area contributed by atoms with E-state index in [1.54, 1.807) is 6.08 Å². The number of nitrogens with zero attached hydrogens (tertiary/aromatic N) is 2. The van der Waals surface area contributed by atoms with Crippen LogP contribution < -0.4 is 5.73 Å². The zero-order valence-corrected chi connectivity index (χ0v) is 33.4. The minimum absolute atomic E-state index is 0.130. The number of unbranched alkanes of at least 4 members (excludes halogenated alkanes) is 2. The number of benzene rings is 1. The van der Waals surface area contributed by atoms with Crippen molar-refractivity contribution in [3.05, 3.63) is 108 Å². The molecule has 0 bridgehead atoms. The number of allylic oxidation sites excluding steroid dienone is 8. The van der Waals surface area contributed by atoms with E-state index in [0.29, 0.717) is 13.0 Å². The number of carbonyl (C=O) groups excluding carboxylic acids is 3. The highest BCUT2D eigenvalue weighted by Gasteiger charge is 2.26. The van der Waals surface area contributed by atoms with Crippen LogP contribution in [0.3, 0.4) is 0 Å². The maximum atomic E-state index is 10.7. The van der Waals surface area contributed by atoms with Crippen LogP contribution in [0.15, 0.2) is 103 Å². The van der Waals surface area contributed by atoms with Gasteiger partial charge in [-0.25, -0.2) is 0 Å². The zero-order chi connectivity index (χ0) is 37.9. The third kappa shape index (κ3) is 35.8. The lowest BCUT2D eigenvalue weighted by Crippen LogP contribution is -2.28. The Hall–Kier alpha value is -3.29. The second-order valence-corrected chi connectivity index (χ2v) is 12.7. The average Bonchev–Trinajstić information content (AvgIpc) is 3.95. The van der Waals surface area contributed by atoms with Gasteiger partial charge in [-0.3, -0.25) is 19.3 Å². The Morgan fingerprint density at radius 2 is 1.63 bits per heavy atom. The van der Waals surface area contributed by atoms with E-state index in [4.69, 9.17) is 5.73 Å². The molecule has 0 aromatic heterocycles. The molecule has 0 radical (unpaired) electrons. The first kappa shape index (κ1) is 50.1. The lowest BCUT2D eigenvalue weighted by molar-refractivity contribution is -0.135. The summed E-state index contributed by atoms with van der Waals surface area (Å²) in [5, 5.41) is 0. The van der Waals surface area contributed by atoms with Crippen molar-refractivity contribution in [2.75, 3.05) is 26.2 Å². The maximum Gasteiger partial charge on any atom is 0.226 e. The van der Waals surface area contributed by atoms with Gasteiger partial charge in [0.2, 0.25) is 18.2 Å². The van der Waals surface area contributed by atoms with Crippen LogP contribution in [0.25, 0.3) is 0 Å². The molecule has 1 aromatic carbocycles. The minimum Gasteiger partial charge on any atom is -0.369 e. The van der Waals surface area contributed by atoms with Gasteiger partial charge >= 0.3 is 0 Å². The Labute approximate surface area is 309 Å². The van der Waals surface area contributed by atoms with Gasteiger partial charge in [-0.15, -0.1) is 0 Å². The van der Waals surface area contributed by atoms with E-state index in [9.17, 15) is 14.4 Å². The molecule has 276 valence electrons. The first-order valence-corrected chi connectivity index (χ1v) is 18.6. The van der Waals surface area contributed by atoms with Crippen molar-refractivity contribution in [3.63, 3.8) is 0 Å². The summed E-state index contributed by atoms with van der Waals surface area (Å²) in [6, 6.07) is 10.9. The SMILES string of the molecule is C/C=C(\C)CN(C=O)C(C)=O.C=C/C=C\C=C/CCCCN(CCC)CCC(C)Cc1ccccc1.C=CC(=C)Br.CC.NC(=O)C1CC1. The van der Waals surface area contributed by atoms with Gasteiger partial charge in [0.15, 0.2) is 0 Å². The van der Waals surface area contributed by atoms with Gasteiger partial charge in [0.25, 0.3) is 0 Å². The van der Waals surface area contributed by atoms with E-state index in [0.717, 1.165) is 33.7 Å². The van der Waals surface area contributed by atoms with Gasteiger partial charge in [-0.2, -0.15) is 0 Å². The summed E-state index contributed by atoms with van der Waals surface area (Å²) in [7, 11) is 0. The Balaban J connectivity index is -0.000000716. The monoisotopic (exact) mass is 741 g/mol. The summed E-state index contributed by atoms with van der Waals surface area (Å²) < 4.78 is 0.831. The van der Waals surface area contributed by atoms with E-state index >= 15 is 0 Å². The molecule has 0 saturated heterocycles. The molecule has 1 fully saturated rings. The molecule has 1 saturated carbocycles. The largest absolute Gasteiger partial charge is 0.369 e. The fraction of sp³-hybridized carbons (Fsp3) is 0.500. The summed E-state index contributed by atoms with van der Waals surface area (Å²) in [5.74, 6) is 0.641. The van der Waals surface area contributed by atoms with Gasteiger partial charge in [-0.05, 0) is 96.3 Å². The number of carbonyl (C=O) groups is 3. The van der Waals surface area contributed by atoms with E-state index in [1.165, 1.54) is 70.6 Å². The fourth-order valence-corrected chi connectivity index (χ4v) is 4.04.